The number of aliphatic hydroxyl groups is 1. The molecule has 0 aromatic heterocycles. The molecule has 1 amide bonds. The first-order valence-corrected chi connectivity index (χ1v) is 6.83. The lowest BCUT2D eigenvalue weighted by Gasteiger charge is -2.36. The second kappa shape index (κ2) is 5.88. The van der Waals surface area contributed by atoms with Crippen LogP contribution < -0.4 is 5.32 Å². The van der Waals surface area contributed by atoms with Gasteiger partial charge in [-0.1, -0.05) is 36.9 Å². The molecule has 0 saturated heterocycles. The number of carbonyl (C=O) groups excluding carboxylic acids is 1. The first-order chi connectivity index (χ1) is 9.08. The van der Waals surface area contributed by atoms with Crippen LogP contribution in [-0.4, -0.2) is 23.2 Å². The second-order valence-corrected chi connectivity index (χ2v) is 5.43. The molecule has 1 aliphatic carbocycles. The molecule has 19 heavy (non-hydrogen) atoms. The average molecular weight is 286 g/mol. The Morgan fingerprint density at radius 1 is 1.37 bits per heavy atom. The number of carbonyl (C=O) groups is 1. The SMILES string of the molecule is O=C(NC1(CO)CCCCC1)c1cccc(F)c1Cl. The zero-order valence-corrected chi connectivity index (χ0v) is 11.3. The van der Waals surface area contributed by atoms with E-state index in [9.17, 15) is 14.3 Å². The van der Waals surface area contributed by atoms with E-state index in [0.29, 0.717) is 0 Å². The highest BCUT2D eigenvalue weighted by Crippen LogP contribution is 2.29. The number of hydrogen-bond acceptors (Lipinski definition) is 2. The van der Waals surface area contributed by atoms with Crippen molar-refractivity contribution in [1.29, 1.82) is 0 Å². The Labute approximate surface area is 116 Å². The Kier molecular flexibility index (Phi) is 4.42. The number of aliphatic hydroxyl groups excluding tert-OH is 1. The summed E-state index contributed by atoms with van der Waals surface area (Å²) in [5.41, 5.74) is -0.481. The fourth-order valence-corrected chi connectivity index (χ4v) is 2.75. The van der Waals surface area contributed by atoms with Crippen molar-refractivity contribution in [2.45, 2.75) is 37.6 Å². The van der Waals surface area contributed by atoms with E-state index in [1.54, 1.807) is 0 Å². The van der Waals surface area contributed by atoms with Crippen LogP contribution in [0.1, 0.15) is 42.5 Å². The van der Waals surface area contributed by atoms with Gasteiger partial charge < -0.3 is 10.4 Å². The summed E-state index contributed by atoms with van der Waals surface area (Å²) in [6.07, 6.45) is 4.53. The summed E-state index contributed by atoms with van der Waals surface area (Å²) in [6.45, 7) is -0.105. The van der Waals surface area contributed by atoms with Gasteiger partial charge in [-0.3, -0.25) is 4.79 Å². The van der Waals surface area contributed by atoms with Crippen LogP contribution in [0, 0.1) is 5.82 Å². The van der Waals surface area contributed by atoms with E-state index in [0.717, 1.165) is 32.1 Å². The number of rotatable bonds is 3. The summed E-state index contributed by atoms with van der Waals surface area (Å²) in [5, 5.41) is 12.2. The van der Waals surface area contributed by atoms with E-state index < -0.39 is 17.3 Å². The van der Waals surface area contributed by atoms with Gasteiger partial charge in [-0.15, -0.1) is 0 Å². The fraction of sp³-hybridized carbons (Fsp3) is 0.500. The highest BCUT2D eigenvalue weighted by atomic mass is 35.5. The van der Waals surface area contributed by atoms with E-state index in [1.165, 1.54) is 18.2 Å². The molecule has 104 valence electrons. The predicted octanol–water partition coefficient (Wildman–Crippen LogP) is 2.90. The molecule has 1 aromatic carbocycles. The van der Waals surface area contributed by atoms with Crippen molar-refractivity contribution in [3.63, 3.8) is 0 Å². The molecule has 1 fully saturated rings. The van der Waals surface area contributed by atoms with Crippen molar-refractivity contribution in [3.05, 3.63) is 34.6 Å². The first-order valence-electron chi connectivity index (χ1n) is 6.45. The molecule has 1 aromatic rings. The lowest BCUT2D eigenvalue weighted by molar-refractivity contribution is 0.0758. The molecule has 2 N–H and O–H groups in total. The molecule has 0 radical (unpaired) electrons. The molecule has 0 bridgehead atoms. The molecule has 0 atom stereocenters. The van der Waals surface area contributed by atoms with Crippen LogP contribution in [-0.2, 0) is 0 Å². The first kappa shape index (κ1) is 14.3. The summed E-state index contributed by atoms with van der Waals surface area (Å²) in [6, 6.07) is 4.14. The standard InChI is InChI=1S/C14H17ClFNO2/c15-12-10(5-4-6-11(12)16)13(19)17-14(9-18)7-2-1-3-8-14/h4-6,18H,1-3,7-9H2,(H,17,19). The van der Waals surface area contributed by atoms with Gasteiger partial charge in [-0.05, 0) is 25.0 Å². The van der Waals surface area contributed by atoms with Crippen LogP contribution in [0.25, 0.3) is 0 Å². The third-order valence-corrected chi connectivity index (χ3v) is 4.07. The molecule has 2 rings (SSSR count). The zero-order chi connectivity index (χ0) is 13.9. The lowest BCUT2D eigenvalue weighted by Crippen LogP contribution is -2.52. The van der Waals surface area contributed by atoms with Gasteiger partial charge in [0.05, 0.1) is 22.7 Å². The highest BCUT2D eigenvalue weighted by Gasteiger charge is 2.33. The van der Waals surface area contributed by atoms with Crippen LogP contribution >= 0.6 is 11.6 Å². The van der Waals surface area contributed by atoms with Gasteiger partial charge in [-0.2, -0.15) is 0 Å². The van der Waals surface area contributed by atoms with Crippen LogP contribution in [0.3, 0.4) is 0 Å². The molecule has 1 saturated carbocycles. The molecular weight excluding hydrogens is 269 g/mol. The quantitative estimate of drug-likeness (QED) is 0.897. The van der Waals surface area contributed by atoms with Crippen molar-refractivity contribution >= 4 is 17.5 Å². The van der Waals surface area contributed by atoms with Crippen LogP contribution in [0.2, 0.25) is 5.02 Å². The Morgan fingerprint density at radius 3 is 2.68 bits per heavy atom. The molecule has 0 unspecified atom stereocenters. The van der Waals surface area contributed by atoms with Crippen LogP contribution in [0.15, 0.2) is 18.2 Å². The Bertz CT molecular complexity index is 473. The van der Waals surface area contributed by atoms with Gasteiger partial charge in [-0.25, -0.2) is 4.39 Å². The van der Waals surface area contributed by atoms with Gasteiger partial charge in [0, 0.05) is 0 Å². The number of amides is 1. The molecule has 5 heteroatoms. The summed E-state index contributed by atoms with van der Waals surface area (Å²) < 4.78 is 13.3. The number of benzene rings is 1. The van der Waals surface area contributed by atoms with Gasteiger partial charge in [0.15, 0.2) is 0 Å². The molecular formula is C14H17ClFNO2. The topological polar surface area (TPSA) is 49.3 Å². The molecule has 0 spiro atoms. The van der Waals surface area contributed by atoms with E-state index in [1.807, 2.05) is 0 Å². The smallest absolute Gasteiger partial charge is 0.253 e. The summed E-state index contributed by atoms with van der Waals surface area (Å²) in [5.74, 6) is -1.04. The Morgan fingerprint density at radius 2 is 2.05 bits per heavy atom. The van der Waals surface area contributed by atoms with Crippen molar-refractivity contribution in [3.8, 4) is 0 Å². The van der Waals surface area contributed by atoms with Gasteiger partial charge in [0.1, 0.15) is 5.82 Å². The van der Waals surface area contributed by atoms with Gasteiger partial charge in [0.2, 0.25) is 0 Å². The third-order valence-electron chi connectivity index (χ3n) is 3.69. The minimum atomic E-state index is -0.615. The average Bonchev–Trinajstić information content (AvgIpc) is 2.42. The Balaban J connectivity index is 2.17. The van der Waals surface area contributed by atoms with Crippen molar-refractivity contribution < 1.29 is 14.3 Å². The van der Waals surface area contributed by atoms with Crippen molar-refractivity contribution in [2.24, 2.45) is 0 Å². The second-order valence-electron chi connectivity index (χ2n) is 5.05. The summed E-state index contributed by atoms with van der Waals surface area (Å²) >= 11 is 5.80. The molecule has 0 heterocycles. The Hall–Kier alpha value is -1.13. The van der Waals surface area contributed by atoms with Crippen molar-refractivity contribution in [2.75, 3.05) is 6.61 Å². The molecule has 0 aliphatic heterocycles. The van der Waals surface area contributed by atoms with E-state index in [2.05, 4.69) is 5.32 Å². The van der Waals surface area contributed by atoms with Crippen molar-refractivity contribution in [1.82, 2.24) is 5.32 Å². The number of hydrogen-bond donors (Lipinski definition) is 2. The van der Waals surface area contributed by atoms with E-state index >= 15 is 0 Å². The lowest BCUT2D eigenvalue weighted by atomic mass is 9.82. The highest BCUT2D eigenvalue weighted by molar-refractivity contribution is 6.34. The van der Waals surface area contributed by atoms with Gasteiger partial charge in [0.25, 0.3) is 5.91 Å². The number of nitrogens with one attached hydrogen (secondary N) is 1. The van der Waals surface area contributed by atoms with Crippen LogP contribution in [0.5, 0.6) is 0 Å². The van der Waals surface area contributed by atoms with Gasteiger partial charge >= 0.3 is 0 Å². The normalized spacial score (nSPS) is 18.1. The monoisotopic (exact) mass is 285 g/mol. The predicted molar refractivity (Wildman–Crippen MR) is 71.8 cm³/mol. The third kappa shape index (κ3) is 3.07. The largest absolute Gasteiger partial charge is 0.394 e. The van der Waals surface area contributed by atoms with Crippen LogP contribution in [0.4, 0.5) is 4.39 Å². The maximum absolute atomic E-state index is 13.3. The van der Waals surface area contributed by atoms with E-state index in [-0.39, 0.29) is 17.2 Å². The summed E-state index contributed by atoms with van der Waals surface area (Å²) in [7, 11) is 0. The molecule has 3 nitrogen and oxygen atoms in total. The maximum Gasteiger partial charge on any atom is 0.253 e. The maximum atomic E-state index is 13.3. The zero-order valence-electron chi connectivity index (χ0n) is 10.6. The molecule has 1 aliphatic rings. The minimum absolute atomic E-state index is 0.105. The number of halogens is 2. The fourth-order valence-electron chi connectivity index (χ4n) is 2.54. The summed E-state index contributed by atoms with van der Waals surface area (Å²) in [4.78, 5) is 12.2. The van der Waals surface area contributed by atoms with E-state index in [4.69, 9.17) is 11.6 Å². The minimum Gasteiger partial charge on any atom is -0.394 e.